The van der Waals surface area contributed by atoms with Crippen molar-refractivity contribution in [2.24, 2.45) is 0 Å². The molecule has 2 aromatic heterocycles. The van der Waals surface area contributed by atoms with Crippen molar-refractivity contribution in [2.75, 3.05) is 37.6 Å². The quantitative estimate of drug-likeness (QED) is 0.708. The third kappa shape index (κ3) is 4.07. The molecule has 1 aliphatic rings. The Balaban J connectivity index is 1.29. The van der Waals surface area contributed by atoms with Crippen molar-refractivity contribution in [1.29, 1.82) is 0 Å². The van der Waals surface area contributed by atoms with Crippen LogP contribution in [-0.2, 0) is 4.79 Å². The molecule has 1 N–H and O–H groups in total. The maximum Gasteiger partial charge on any atom is 0.251 e. The highest BCUT2D eigenvalue weighted by atomic mass is 35.5. The number of pyridine rings is 1. The Morgan fingerprint density at radius 3 is 2.71 bits per heavy atom. The number of halogens is 1. The average Bonchev–Trinajstić information content (AvgIpc) is 3.16. The summed E-state index contributed by atoms with van der Waals surface area (Å²) in [7, 11) is 0. The second-order valence-electron chi connectivity index (χ2n) is 6.38. The van der Waals surface area contributed by atoms with Crippen LogP contribution in [0.4, 0.5) is 5.13 Å². The maximum absolute atomic E-state index is 12.4. The lowest BCUT2D eigenvalue weighted by Crippen LogP contribution is -2.51. The summed E-state index contributed by atoms with van der Waals surface area (Å²) in [6.45, 7) is 2.56. The van der Waals surface area contributed by atoms with Crippen LogP contribution < -0.4 is 10.2 Å². The lowest BCUT2D eigenvalue weighted by molar-refractivity contribution is -0.130. The number of carbonyl (C=O) groups is 2. The Morgan fingerprint density at radius 1 is 1.14 bits per heavy atom. The molecule has 0 bridgehead atoms. The van der Waals surface area contributed by atoms with Crippen LogP contribution in [0.2, 0.25) is 5.02 Å². The third-order valence-electron chi connectivity index (χ3n) is 4.54. The van der Waals surface area contributed by atoms with Crippen molar-refractivity contribution in [3.63, 3.8) is 0 Å². The Hall–Kier alpha value is -2.71. The van der Waals surface area contributed by atoms with Gasteiger partial charge in [0, 0.05) is 43.0 Å². The van der Waals surface area contributed by atoms with E-state index in [1.165, 1.54) is 0 Å². The fraction of sp³-hybridized carbons (Fsp3) is 0.263. The number of rotatable bonds is 4. The highest BCUT2D eigenvalue weighted by Gasteiger charge is 2.23. The van der Waals surface area contributed by atoms with Gasteiger partial charge in [-0.1, -0.05) is 29.0 Å². The lowest BCUT2D eigenvalue weighted by atomic mass is 10.2. The molecule has 1 fully saturated rings. The molecule has 9 heteroatoms. The minimum Gasteiger partial charge on any atom is -0.344 e. The van der Waals surface area contributed by atoms with Crippen LogP contribution in [0.3, 0.4) is 0 Å². The van der Waals surface area contributed by atoms with E-state index < -0.39 is 0 Å². The number of thiazole rings is 1. The van der Waals surface area contributed by atoms with Gasteiger partial charge in [0.15, 0.2) is 5.13 Å². The van der Waals surface area contributed by atoms with E-state index in [2.05, 4.69) is 20.2 Å². The number of piperazine rings is 1. The highest BCUT2D eigenvalue weighted by molar-refractivity contribution is 7.21. The van der Waals surface area contributed by atoms with E-state index in [9.17, 15) is 9.59 Å². The second-order valence-corrected chi connectivity index (χ2v) is 7.78. The largest absolute Gasteiger partial charge is 0.344 e. The molecule has 7 nitrogen and oxygen atoms in total. The highest BCUT2D eigenvalue weighted by Crippen LogP contribution is 2.27. The zero-order valence-corrected chi connectivity index (χ0v) is 16.5. The predicted molar refractivity (Wildman–Crippen MR) is 110 cm³/mol. The molecule has 0 unspecified atom stereocenters. The smallest absolute Gasteiger partial charge is 0.251 e. The van der Waals surface area contributed by atoms with Gasteiger partial charge in [-0.2, -0.15) is 0 Å². The molecule has 0 saturated carbocycles. The third-order valence-corrected chi connectivity index (χ3v) is 5.82. The van der Waals surface area contributed by atoms with Crippen LogP contribution in [-0.4, -0.2) is 59.4 Å². The van der Waals surface area contributed by atoms with Crippen LogP contribution >= 0.6 is 22.9 Å². The molecular weight excluding hydrogens is 398 g/mol. The topological polar surface area (TPSA) is 78.4 Å². The standard InChI is InChI=1S/C19H18ClN5O2S/c20-14-4-1-3-13(11-14)17(27)22-12-16(26)24-7-9-25(10-8-24)19-23-15-5-2-6-21-18(15)28-19/h1-6,11H,7-10,12H2,(H,22,27). The van der Waals surface area contributed by atoms with Crippen LogP contribution in [0.15, 0.2) is 42.6 Å². The summed E-state index contributed by atoms with van der Waals surface area (Å²) in [5, 5.41) is 4.08. The molecular formula is C19H18ClN5O2S. The minimum atomic E-state index is -0.309. The van der Waals surface area contributed by atoms with Gasteiger partial charge in [-0.25, -0.2) is 9.97 Å². The van der Waals surface area contributed by atoms with E-state index in [0.717, 1.165) is 15.5 Å². The summed E-state index contributed by atoms with van der Waals surface area (Å²) >= 11 is 7.45. The van der Waals surface area contributed by atoms with Gasteiger partial charge in [0.25, 0.3) is 5.91 Å². The summed E-state index contributed by atoms with van der Waals surface area (Å²) < 4.78 is 0. The first-order valence-corrected chi connectivity index (χ1v) is 10.1. The van der Waals surface area contributed by atoms with Gasteiger partial charge in [0.2, 0.25) is 5.91 Å². The summed E-state index contributed by atoms with van der Waals surface area (Å²) in [6.07, 6.45) is 1.76. The van der Waals surface area contributed by atoms with Crippen molar-refractivity contribution in [1.82, 2.24) is 20.2 Å². The van der Waals surface area contributed by atoms with Crippen LogP contribution in [0.1, 0.15) is 10.4 Å². The first-order valence-electron chi connectivity index (χ1n) is 8.88. The van der Waals surface area contributed by atoms with Gasteiger partial charge in [-0.05, 0) is 30.3 Å². The van der Waals surface area contributed by atoms with E-state index in [0.29, 0.717) is 36.8 Å². The van der Waals surface area contributed by atoms with E-state index in [1.54, 1.807) is 46.7 Å². The summed E-state index contributed by atoms with van der Waals surface area (Å²) in [5.41, 5.74) is 1.33. The fourth-order valence-electron chi connectivity index (χ4n) is 3.04. The number of fused-ring (bicyclic) bond motifs is 1. The van der Waals surface area contributed by atoms with Crippen LogP contribution in [0.5, 0.6) is 0 Å². The number of nitrogens with zero attached hydrogens (tertiary/aromatic N) is 4. The van der Waals surface area contributed by atoms with Crippen molar-refractivity contribution in [2.45, 2.75) is 0 Å². The van der Waals surface area contributed by atoms with Gasteiger partial charge in [-0.3, -0.25) is 9.59 Å². The summed E-state index contributed by atoms with van der Waals surface area (Å²) in [5.74, 6) is -0.405. The molecule has 3 heterocycles. The van der Waals surface area contributed by atoms with Gasteiger partial charge in [0.05, 0.1) is 6.54 Å². The van der Waals surface area contributed by atoms with Crippen molar-refractivity contribution in [3.05, 3.63) is 53.2 Å². The van der Waals surface area contributed by atoms with E-state index >= 15 is 0 Å². The van der Waals surface area contributed by atoms with E-state index in [1.807, 2.05) is 12.1 Å². The number of hydrogen-bond donors (Lipinski definition) is 1. The molecule has 4 rings (SSSR count). The number of benzene rings is 1. The summed E-state index contributed by atoms with van der Waals surface area (Å²) in [6, 6.07) is 10.5. The molecule has 1 aliphatic heterocycles. The predicted octanol–water partition coefficient (Wildman–Crippen LogP) is 2.42. The average molecular weight is 416 g/mol. The maximum atomic E-state index is 12.4. The summed E-state index contributed by atoms with van der Waals surface area (Å²) in [4.78, 5) is 38.4. The van der Waals surface area contributed by atoms with Crippen molar-refractivity contribution < 1.29 is 9.59 Å². The molecule has 0 radical (unpaired) electrons. The molecule has 144 valence electrons. The van der Waals surface area contributed by atoms with Crippen molar-refractivity contribution in [3.8, 4) is 0 Å². The van der Waals surface area contributed by atoms with Crippen molar-refractivity contribution >= 4 is 50.2 Å². The second kappa shape index (κ2) is 8.12. The monoisotopic (exact) mass is 415 g/mol. The van der Waals surface area contributed by atoms with E-state index in [4.69, 9.17) is 11.6 Å². The molecule has 0 aliphatic carbocycles. The Bertz CT molecular complexity index is 983. The molecule has 2 amide bonds. The van der Waals surface area contributed by atoms with Gasteiger partial charge < -0.3 is 15.1 Å². The van der Waals surface area contributed by atoms with Crippen LogP contribution in [0.25, 0.3) is 10.3 Å². The zero-order valence-electron chi connectivity index (χ0n) is 15.0. The SMILES string of the molecule is O=C(NCC(=O)N1CCN(c2nc3cccnc3s2)CC1)c1cccc(Cl)c1. The Morgan fingerprint density at radius 2 is 1.96 bits per heavy atom. The van der Waals surface area contributed by atoms with Gasteiger partial charge in [-0.15, -0.1) is 0 Å². The molecule has 3 aromatic rings. The normalized spacial score (nSPS) is 14.3. The zero-order chi connectivity index (χ0) is 19.5. The number of carbonyl (C=O) groups excluding carboxylic acids is 2. The Kier molecular flexibility index (Phi) is 5.40. The van der Waals surface area contributed by atoms with Crippen LogP contribution in [0, 0.1) is 0 Å². The molecule has 28 heavy (non-hydrogen) atoms. The minimum absolute atomic E-state index is 0.0313. The lowest BCUT2D eigenvalue weighted by Gasteiger charge is -2.34. The van der Waals surface area contributed by atoms with Gasteiger partial charge in [0.1, 0.15) is 10.3 Å². The molecule has 0 spiro atoms. The first kappa shape index (κ1) is 18.6. The number of amides is 2. The van der Waals surface area contributed by atoms with E-state index in [-0.39, 0.29) is 18.4 Å². The number of nitrogens with one attached hydrogen (secondary N) is 1. The first-order chi connectivity index (χ1) is 13.6. The molecule has 1 aromatic carbocycles. The van der Waals surface area contributed by atoms with Gasteiger partial charge >= 0.3 is 0 Å². The number of anilines is 1. The molecule has 0 atom stereocenters. The number of hydrogen-bond acceptors (Lipinski definition) is 6. The fourth-order valence-corrected chi connectivity index (χ4v) is 4.19. The number of aromatic nitrogens is 2. The molecule has 1 saturated heterocycles. The Labute approximate surface area is 170 Å².